The molecule has 1 aliphatic heterocycles. The molecule has 5 atom stereocenters. The maximum atomic E-state index is 9.74. The SMILES string of the molecule is CC(O[C@@H]1OC[C@@H](O)[C@@H](O)[C@@H]1O)c1ccccc1. The molecule has 1 aromatic carbocycles. The Hall–Kier alpha value is -0.980. The van der Waals surface area contributed by atoms with Crippen molar-refractivity contribution in [2.45, 2.75) is 37.6 Å². The topological polar surface area (TPSA) is 79.2 Å². The molecule has 5 nitrogen and oxygen atoms in total. The fraction of sp³-hybridized carbons (Fsp3) is 0.538. The Labute approximate surface area is 106 Å². The second kappa shape index (κ2) is 5.77. The second-order valence-electron chi connectivity index (χ2n) is 4.44. The summed E-state index contributed by atoms with van der Waals surface area (Å²) in [7, 11) is 0. The summed E-state index contributed by atoms with van der Waals surface area (Å²) in [6, 6.07) is 9.51. The van der Waals surface area contributed by atoms with Gasteiger partial charge in [-0.15, -0.1) is 0 Å². The third-order valence-electron chi connectivity index (χ3n) is 3.06. The standard InChI is InChI=1S/C13H18O5/c1-8(9-5-3-2-4-6-9)18-13-12(16)11(15)10(14)7-17-13/h2-6,8,10-16H,7H2,1H3/t8?,10-,11-,12+,13+/m1/s1. The van der Waals surface area contributed by atoms with Crippen LogP contribution in [0.1, 0.15) is 18.6 Å². The molecule has 1 aromatic rings. The first kappa shape index (κ1) is 13.5. The van der Waals surface area contributed by atoms with Gasteiger partial charge in [0.05, 0.1) is 12.7 Å². The van der Waals surface area contributed by atoms with Crippen molar-refractivity contribution in [3.05, 3.63) is 35.9 Å². The Morgan fingerprint density at radius 1 is 1.17 bits per heavy atom. The molecule has 0 bridgehead atoms. The van der Waals surface area contributed by atoms with Crippen LogP contribution in [-0.2, 0) is 9.47 Å². The Morgan fingerprint density at radius 3 is 2.50 bits per heavy atom. The fourth-order valence-corrected chi connectivity index (χ4v) is 1.90. The first-order valence-electron chi connectivity index (χ1n) is 5.96. The highest BCUT2D eigenvalue weighted by atomic mass is 16.7. The minimum Gasteiger partial charge on any atom is -0.388 e. The van der Waals surface area contributed by atoms with E-state index in [0.717, 1.165) is 5.56 Å². The summed E-state index contributed by atoms with van der Waals surface area (Å²) < 4.78 is 10.7. The van der Waals surface area contributed by atoms with Crippen molar-refractivity contribution >= 4 is 0 Å². The summed E-state index contributed by atoms with van der Waals surface area (Å²) in [5.41, 5.74) is 0.953. The van der Waals surface area contributed by atoms with Gasteiger partial charge in [-0.2, -0.15) is 0 Å². The summed E-state index contributed by atoms with van der Waals surface area (Å²) >= 11 is 0. The van der Waals surface area contributed by atoms with Gasteiger partial charge in [-0.1, -0.05) is 30.3 Å². The van der Waals surface area contributed by atoms with E-state index < -0.39 is 24.6 Å². The molecular weight excluding hydrogens is 236 g/mol. The zero-order chi connectivity index (χ0) is 13.1. The third-order valence-corrected chi connectivity index (χ3v) is 3.06. The molecule has 1 unspecified atom stereocenters. The molecule has 100 valence electrons. The van der Waals surface area contributed by atoms with Crippen molar-refractivity contribution in [2.24, 2.45) is 0 Å². The molecule has 1 fully saturated rings. The minimum atomic E-state index is -1.25. The van der Waals surface area contributed by atoms with Crippen LogP contribution in [0.2, 0.25) is 0 Å². The number of rotatable bonds is 3. The van der Waals surface area contributed by atoms with Crippen molar-refractivity contribution < 1.29 is 24.8 Å². The lowest BCUT2D eigenvalue weighted by atomic mass is 10.1. The summed E-state index contributed by atoms with van der Waals surface area (Å²) in [5, 5.41) is 28.6. The lowest BCUT2D eigenvalue weighted by Gasteiger charge is -2.36. The fourth-order valence-electron chi connectivity index (χ4n) is 1.90. The molecule has 2 rings (SSSR count). The molecule has 5 heteroatoms. The van der Waals surface area contributed by atoms with Crippen LogP contribution in [0, 0.1) is 0 Å². The van der Waals surface area contributed by atoms with E-state index >= 15 is 0 Å². The van der Waals surface area contributed by atoms with Crippen molar-refractivity contribution in [1.82, 2.24) is 0 Å². The first-order chi connectivity index (χ1) is 8.59. The highest BCUT2D eigenvalue weighted by Crippen LogP contribution is 2.24. The summed E-state index contributed by atoms with van der Waals surface area (Å²) in [6.45, 7) is 1.78. The number of benzene rings is 1. The van der Waals surface area contributed by atoms with Crippen LogP contribution in [-0.4, -0.2) is 46.5 Å². The highest BCUT2D eigenvalue weighted by molar-refractivity contribution is 5.16. The van der Waals surface area contributed by atoms with E-state index in [0.29, 0.717) is 0 Å². The zero-order valence-electron chi connectivity index (χ0n) is 10.1. The molecule has 0 aromatic heterocycles. The van der Waals surface area contributed by atoms with Crippen LogP contribution in [0.4, 0.5) is 0 Å². The average molecular weight is 254 g/mol. The molecule has 0 saturated carbocycles. The van der Waals surface area contributed by atoms with Crippen LogP contribution in [0.5, 0.6) is 0 Å². The molecule has 0 aliphatic carbocycles. The highest BCUT2D eigenvalue weighted by Gasteiger charge is 2.38. The number of hydrogen-bond acceptors (Lipinski definition) is 5. The van der Waals surface area contributed by atoms with Crippen molar-refractivity contribution in [3.8, 4) is 0 Å². The summed E-state index contributed by atoms with van der Waals surface area (Å²) in [5.74, 6) is 0. The number of aliphatic hydroxyl groups excluding tert-OH is 3. The van der Waals surface area contributed by atoms with E-state index in [4.69, 9.17) is 9.47 Å². The van der Waals surface area contributed by atoms with Gasteiger partial charge in [0.2, 0.25) is 0 Å². The minimum absolute atomic E-state index is 0.0512. The van der Waals surface area contributed by atoms with Gasteiger partial charge in [-0.05, 0) is 12.5 Å². The van der Waals surface area contributed by atoms with Crippen LogP contribution in [0.3, 0.4) is 0 Å². The van der Waals surface area contributed by atoms with Crippen molar-refractivity contribution in [2.75, 3.05) is 6.61 Å². The largest absolute Gasteiger partial charge is 0.388 e. The molecule has 1 heterocycles. The monoisotopic (exact) mass is 254 g/mol. The van der Waals surface area contributed by atoms with Gasteiger partial charge in [0.15, 0.2) is 6.29 Å². The maximum Gasteiger partial charge on any atom is 0.186 e. The van der Waals surface area contributed by atoms with E-state index in [1.807, 2.05) is 37.3 Å². The number of hydrogen-bond donors (Lipinski definition) is 3. The van der Waals surface area contributed by atoms with Gasteiger partial charge in [0.25, 0.3) is 0 Å². The first-order valence-corrected chi connectivity index (χ1v) is 5.96. The maximum absolute atomic E-state index is 9.74. The van der Waals surface area contributed by atoms with Crippen molar-refractivity contribution in [3.63, 3.8) is 0 Å². The van der Waals surface area contributed by atoms with E-state index in [9.17, 15) is 15.3 Å². The summed E-state index contributed by atoms with van der Waals surface area (Å²) in [4.78, 5) is 0. The lowest BCUT2D eigenvalue weighted by Crippen LogP contribution is -2.53. The van der Waals surface area contributed by atoms with Gasteiger partial charge in [0, 0.05) is 0 Å². The zero-order valence-corrected chi connectivity index (χ0v) is 10.1. The number of aliphatic hydroxyl groups is 3. The van der Waals surface area contributed by atoms with Crippen LogP contribution < -0.4 is 0 Å². The predicted octanol–water partition coefficient (Wildman–Crippen LogP) is 0.203. The normalized spacial score (nSPS) is 34.2. The molecule has 1 aliphatic rings. The van der Waals surface area contributed by atoms with Gasteiger partial charge in [-0.25, -0.2) is 0 Å². The van der Waals surface area contributed by atoms with Gasteiger partial charge in [-0.3, -0.25) is 0 Å². The van der Waals surface area contributed by atoms with Gasteiger partial charge in [0.1, 0.15) is 18.3 Å². The van der Waals surface area contributed by atoms with Gasteiger partial charge < -0.3 is 24.8 Å². The predicted molar refractivity (Wildman–Crippen MR) is 63.7 cm³/mol. The molecule has 1 saturated heterocycles. The average Bonchev–Trinajstić information content (AvgIpc) is 2.40. The Balaban J connectivity index is 1.97. The van der Waals surface area contributed by atoms with E-state index in [-0.39, 0.29) is 12.7 Å². The Morgan fingerprint density at radius 2 is 1.83 bits per heavy atom. The second-order valence-corrected chi connectivity index (χ2v) is 4.44. The van der Waals surface area contributed by atoms with E-state index in [1.54, 1.807) is 0 Å². The number of ether oxygens (including phenoxy) is 2. The van der Waals surface area contributed by atoms with E-state index in [2.05, 4.69) is 0 Å². The van der Waals surface area contributed by atoms with Crippen LogP contribution >= 0.6 is 0 Å². The molecule has 18 heavy (non-hydrogen) atoms. The molecule has 0 radical (unpaired) electrons. The lowest BCUT2D eigenvalue weighted by molar-refractivity contribution is -0.281. The quantitative estimate of drug-likeness (QED) is 0.718. The summed E-state index contributed by atoms with van der Waals surface area (Å²) in [6.07, 6.45) is -4.77. The molecule has 3 N–H and O–H groups in total. The van der Waals surface area contributed by atoms with E-state index in [1.165, 1.54) is 0 Å². The van der Waals surface area contributed by atoms with Gasteiger partial charge >= 0.3 is 0 Å². The molecule has 0 spiro atoms. The van der Waals surface area contributed by atoms with Crippen LogP contribution in [0.25, 0.3) is 0 Å². The Kier molecular flexibility index (Phi) is 4.31. The smallest absolute Gasteiger partial charge is 0.186 e. The Bertz CT molecular complexity index is 369. The third kappa shape index (κ3) is 2.88. The molecule has 0 amide bonds. The van der Waals surface area contributed by atoms with Crippen molar-refractivity contribution in [1.29, 1.82) is 0 Å². The molecular formula is C13H18O5. The van der Waals surface area contributed by atoms with Crippen LogP contribution in [0.15, 0.2) is 30.3 Å².